The Bertz CT molecular complexity index is 463. The van der Waals surface area contributed by atoms with Crippen LogP contribution in [0.5, 0.6) is 0 Å². The van der Waals surface area contributed by atoms with Crippen molar-refractivity contribution in [2.75, 3.05) is 39.3 Å². The van der Waals surface area contributed by atoms with Gasteiger partial charge in [0.1, 0.15) is 6.54 Å². The Kier molecular flexibility index (Phi) is 3.84. The van der Waals surface area contributed by atoms with E-state index >= 15 is 0 Å². The summed E-state index contributed by atoms with van der Waals surface area (Å²) in [4.78, 5) is 41.5. The average molecular weight is 294 g/mol. The van der Waals surface area contributed by atoms with Crippen LogP contribution in [0.3, 0.4) is 0 Å². The van der Waals surface area contributed by atoms with Gasteiger partial charge in [-0.05, 0) is 19.8 Å². The molecule has 1 atom stereocenters. The standard InChI is InChI=1S/C14H22N4O3/c1-2-17(10-3-4-10)12(19)9-16-8-11-7-15-5-6-18(11)14(21)13(16)20/h10-11,15H,2-9H2,1H3. The summed E-state index contributed by atoms with van der Waals surface area (Å²) >= 11 is 0. The van der Waals surface area contributed by atoms with Crippen LogP contribution in [0.1, 0.15) is 19.8 Å². The van der Waals surface area contributed by atoms with E-state index in [0.29, 0.717) is 32.2 Å². The van der Waals surface area contributed by atoms with Gasteiger partial charge in [-0.25, -0.2) is 0 Å². The van der Waals surface area contributed by atoms with Crippen molar-refractivity contribution in [3.8, 4) is 0 Å². The number of nitrogens with zero attached hydrogens (tertiary/aromatic N) is 3. The van der Waals surface area contributed by atoms with Crippen LogP contribution in [0.4, 0.5) is 0 Å². The first-order chi connectivity index (χ1) is 10.1. The minimum Gasteiger partial charge on any atom is -0.338 e. The van der Waals surface area contributed by atoms with Crippen LogP contribution in [0.25, 0.3) is 0 Å². The topological polar surface area (TPSA) is 73.0 Å². The molecule has 7 nitrogen and oxygen atoms in total. The van der Waals surface area contributed by atoms with Gasteiger partial charge in [-0.1, -0.05) is 0 Å². The number of hydrogen-bond acceptors (Lipinski definition) is 4. The van der Waals surface area contributed by atoms with Crippen molar-refractivity contribution >= 4 is 17.7 Å². The molecule has 0 aromatic heterocycles. The lowest BCUT2D eigenvalue weighted by Gasteiger charge is -2.43. The summed E-state index contributed by atoms with van der Waals surface area (Å²) in [5.74, 6) is -1.04. The SMILES string of the molecule is CCN(C(=O)CN1CC2CNCCN2C(=O)C1=O)C1CC1. The zero-order chi connectivity index (χ0) is 15.0. The molecule has 2 heterocycles. The third-order valence-corrected chi connectivity index (χ3v) is 4.49. The summed E-state index contributed by atoms with van der Waals surface area (Å²) < 4.78 is 0. The number of fused-ring (bicyclic) bond motifs is 1. The number of rotatable bonds is 4. The minimum absolute atomic E-state index is 0.00671. The summed E-state index contributed by atoms with van der Waals surface area (Å²) in [5.41, 5.74) is 0. The van der Waals surface area contributed by atoms with Gasteiger partial charge >= 0.3 is 11.8 Å². The molecule has 1 N–H and O–H groups in total. The van der Waals surface area contributed by atoms with E-state index in [0.717, 1.165) is 19.4 Å². The second kappa shape index (κ2) is 5.63. The molecule has 0 radical (unpaired) electrons. The summed E-state index contributed by atoms with van der Waals surface area (Å²) in [5, 5.41) is 3.23. The fourth-order valence-electron chi connectivity index (χ4n) is 3.20. The summed E-state index contributed by atoms with van der Waals surface area (Å²) in [7, 11) is 0. The molecule has 7 heteroatoms. The Labute approximate surface area is 124 Å². The molecule has 0 aromatic carbocycles. The molecule has 3 rings (SSSR count). The van der Waals surface area contributed by atoms with Crippen LogP contribution < -0.4 is 5.32 Å². The van der Waals surface area contributed by atoms with E-state index in [-0.39, 0.29) is 18.5 Å². The molecular formula is C14H22N4O3. The van der Waals surface area contributed by atoms with Gasteiger partial charge in [0.05, 0.1) is 6.04 Å². The highest BCUT2D eigenvalue weighted by Crippen LogP contribution is 2.26. The summed E-state index contributed by atoms with van der Waals surface area (Å²) in [6.07, 6.45) is 2.10. The molecule has 2 aliphatic heterocycles. The highest BCUT2D eigenvalue weighted by atomic mass is 16.2. The monoisotopic (exact) mass is 294 g/mol. The second-order valence-electron chi connectivity index (χ2n) is 5.95. The maximum atomic E-state index is 12.3. The number of nitrogens with one attached hydrogen (secondary N) is 1. The van der Waals surface area contributed by atoms with Gasteiger partial charge in [0.15, 0.2) is 0 Å². The highest BCUT2D eigenvalue weighted by Gasteiger charge is 2.41. The molecule has 0 aromatic rings. The average Bonchev–Trinajstić information content (AvgIpc) is 3.30. The fraction of sp³-hybridized carbons (Fsp3) is 0.786. The van der Waals surface area contributed by atoms with Crippen molar-refractivity contribution in [2.24, 2.45) is 0 Å². The van der Waals surface area contributed by atoms with Gasteiger partial charge in [0, 0.05) is 38.8 Å². The third kappa shape index (κ3) is 2.74. The van der Waals surface area contributed by atoms with Crippen molar-refractivity contribution in [3.05, 3.63) is 0 Å². The van der Waals surface area contributed by atoms with E-state index in [4.69, 9.17) is 0 Å². The van der Waals surface area contributed by atoms with Gasteiger partial charge in [-0.15, -0.1) is 0 Å². The van der Waals surface area contributed by atoms with Gasteiger partial charge in [0.25, 0.3) is 0 Å². The number of piperazine rings is 2. The van der Waals surface area contributed by atoms with E-state index in [1.54, 1.807) is 4.90 Å². The molecular weight excluding hydrogens is 272 g/mol. The van der Waals surface area contributed by atoms with Crippen LogP contribution in [0.2, 0.25) is 0 Å². The zero-order valence-electron chi connectivity index (χ0n) is 12.4. The Morgan fingerprint density at radius 2 is 2.10 bits per heavy atom. The van der Waals surface area contributed by atoms with Crippen LogP contribution in [-0.2, 0) is 14.4 Å². The van der Waals surface area contributed by atoms with Crippen LogP contribution in [-0.4, -0.2) is 83.8 Å². The van der Waals surface area contributed by atoms with Gasteiger partial charge in [0.2, 0.25) is 5.91 Å². The minimum atomic E-state index is -0.534. The third-order valence-electron chi connectivity index (χ3n) is 4.49. The van der Waals surface area contributed by atoms with Crippen molar-refractivity contribution in [2.45, 2.75) is 31.8 Å². The van der Waals surface area contributed by atoms with E-state index in [1.807, 2.05) is 11.8 Å². The second-order valence-corrected chi connectivity index (χ2v) is 5.95. The molecule has 3 amide bonds. The predicted molar refractivity (Wildman–Crippen MR) is 75.4 cm³/mol. The molecule has 1 saturated carbocycles. The molecule has 1 aliphatic carbocycles. The quantitative estimate of drug-likeness (QED) is 0.650. The molecule has 3 fully saturated rings. The van der Waals surface area contributed by atoms with Gasteiger partial charge in [-0.3, -0.25) is 14.4 Å². The lowest BCUT2D eigenvalue weighted by molar-refractivity contribution is -0.161. The molecule has 0 spiro atoms. The predicted octanol–water partition coefficient (Wildman–Crippen LogP) is -1.36. The molecule has 3 aliphatic rings. The van der Waals surface area contributed by atoms with Gasteiger partial charge in [-0.2, -0.15) is 0 Å². The molecule has 1 unspecified atom stereocenters. The van der Waals surface area contributed by atoms with Crippen LogP contribution in [0, 0.1) is 0 Å². The van der Waals surface area contributed by atoms with E-state index < -0.39 is 11.8 Å². The molecule has 0 bridgehead atoms. The molecule has 2 saturated heterocycles. The lowest BCUT2D eigenvalue weighted by Crippen LogP contribution is -2.66. The smallest absolute Gasteiger partial charge is 0.312 e. The Hall–Kier alpha value is -1.63. The Morgan fingerprint density at radius 1 is 1.33 bits per heavy atom. The Balaban J connectivity index is 1.65. The highest BCUT2D eigenvalue weighted by molar-refractivity contribution is 6.35. The lowest BCUT2D eigenvalue weighted by atomic mass is 10.1. The van der Waals surface area contributed by atoms with Crippen LogP contribution in [0.15, 0.2) is 0 Å². The van der Waals surface area contributed by atoms with E-state index in [2.05, 4.69) is 5.32 Å². The number of carbonyl (C=O) groups is 3. The number of likely N-dealkylation sites (N-methyl/N-ethyl adjacent to an activating group) is 1. The maximum absolute atomic E-state index is 12.3. The zero-order valence-corrected chi connectivity index (χ0v) is 12.4. The summed E-state index contributed by atoms with van der Waals surface area (Å²) in [6, 6.07) is 0.332. The van der Waals surface area contributed by atoms with Crippen LogP contribution >= 0.6 is 0 Å². The Morgan fingerprint density at radius 3 is 2.76 bits per heavy atom. The van der Waals surface area contributed by atoms with Crippen molar-refractivity contribution in [3.63, 3.8) is 0 Å². The first-order valence-electron chi connectivity index (χ1n) is 7.72. The van der Waals surface area contributed by atoms with E-state index in [1.165, 1.54) is 4.90 Å². The summed E-state index contributed by atoms with van der Waals surface area (Å²) in [6.45, 7) is 5.07. The number of carbonyl (C=O) groups excluding carboxylic acids is 3. The first-order valence-corrected chi connectivity index (χ1v) is 7.72. The normalized spacial score (nSPS) is 25.9. The van der Waals surface area contributed by atoms with Gasteiger partial charge < -0.3 is 20.0 Å². The van der Waals surface area contributed by atoms with Crippen molar-refractivity contribution in [1.29, 1.82) is 0 Å². The number of amides is 3. The molecule has 116 valence electrons. The number of hydrogen-bond donors (Lipinski definition) is 1. The van der Waals surface area contributed by atoms with Crippen molar-refractivity contribution < 1.29 is 14.4 Å². The maximum Gasteiger partial charge on any atom is 0.312 e. The van der Waals surface area contributed by atoms with E-state index in [9.17, 15) is 14.4 Å². The largest absolute Gasteiger partial charge is 0.338 e. The molecule has 21 heavy (non-hydrogen) atoms. The van der Waals surface area contributed by atoms with Crippen molar-refractivity contribution in [1.82, 2.24) is 20.0 Å². The first kappa shape index (κ1) is 14.3. The fourth-order valence-corrected chi connectivity index (χ4v) is 3.20.